The average molecular weight is 415 g/mol. The summed E-state index contributed by atoms with van der Waals surface area (Å²) in [5, 5.41) is 0.646. The SMILES string of the molecule is CCc1nc2ccc(Cl)cn2c1ONCc1ccc(N2CCC(OC)CC2)cc1. The van der Waals surface area contributed by atoms with Crippen LogP contribution in [0.2, 0.25) is 5.02 Å². The van der Waals surface area contributed by atoms with Gasteiger partial charge in [-0.1, -0.05) is 30.7 Å². The van der Waals surface area contributed by atoms with Gasteiger partial charge in [0.2, 0.25) is 5.88 Å². The van der Waals surface area contributed by atoms with E-state index in [0.29, 0.717) is 23.6 Å². The zero-order valence-electron chi connectivity index (χ0n) is 16.9. The molecule has 0 atom stereocenters. The third-order valence-corrected chi connectivity index (χ3v) is 5.69. The summed E-state index contributed by atoms with van der Waals surface area (Å²) < 4.78 is 7.33. The molecule has 7 heteroatoms. The van der Waals surface area contributed by atoms with Gasteiger partial charge in [-0.2, -0.15) is 5.48 Å². The monoisotopic (exact) mass is 414 g/mol. The van der Waals surface area contributed by atoms with Crippen molar-refractivity contribution in [2.75, 3.05) is 25.1 Å². The number of hydrogen-bond acceptors (Lipinski definition) is 5. The number of halogens is 1. The van der Waals surface area contributed by atoms with Gasteiger partial charge in [0, 0.05) is 32.1 Å². The molecule has 6 nitrogen and oxygen atoms in total. The Morgan fingerprint density at radius 2 is 1.90 bits per heavy atom. The van der Waals surface area contributed by atoms with Crippen molar-refractivity contribution in [1.29, 1.82) is 0 Å². The Balaban J connectivity index is 1.37. The molecule has 0 spiro atoms. The van der Waals surface area contributed by atoms with Gasteiger partial charge in [-0.05, 0) is 49.1 Å². The fourth-order valence-corrected chi connectivity index (χ4v) is 3.91. The summed E-state index contributed by atoms with van der Waals surface area (Å²) in [6, 6.07) is 12.4. The van der Waals surface area contributed by atoms with Crippen LogP contribution in [0.4, 0.5) is 5.69 Å². The van der Waals surface area contributed by atoms with Crippen LogP contribution in [0.3, 0.4) is 0 Å². The lowest BCUT2D eigenvalue weighted by atomic mass is 10.1. The number of piperidine rings is 1. The number of aromatic nitrogens is 2. The summed E-state index contributed by atoms with van der Waals surface area (Å²) in [5.41, 5.74) is 7.21. The van der Waals surface area contributed by atoms with E-state index >= 15 is 0 Å². The highest BCUT2D eigenvalue weighted by Crippen LogP contribution is 2.24. The minimum absolute atomic E-state index is 0.398. The number of ether oxygens (including phenoxy) is 1. The number of anilines is 1. The fourth-order valence-electron chi connectivity index (χ4n) is 3.75. The largest absolute Gasteiger partial charge is 0.387 e. The molecule has 1 N–H and O–H groups in total. The Hall–Kier alpha value is -2.28. The van der Waals surface area contributed by atoms with Crippen molar-refractivity contribution in [3.8, 4) is 5.88 Å². The molecule has 1 aliphatic heterocycles. The van der Waals surface area contributed by atoms with E-state index < -0.39 is 0 Å². The molecule has 3 aromatic rings. The number of fused-ring (bicyclic) bond motifs is 1. The van der Waals surface area contributed by atoms with Crippen LogP contribution in [0, 0.1) is 0 Å². The molecule has 0 unspecified atom stereocenters. The molecule has 0 aliphatic carbocycles. The van der Waals surface area contributed by atoms with Crippen LogP contribution in [0.5, 0.6) is 5.88 Å². The lowest BCUT2D eigenvalue weighted by molar-refractivity contribution is 0.0819. The van der Waals surface area contributed by atoms with Crippen LogP contribution in [0.15, 0.2) is 42.6 Å². The minimum atomic E-state index is 0.398. The second kappa shape index (κ2) is 9.03. The predicted molar refractivity (Wildman–Crippen MR) is 116 cm³/mol. The van der Waals surface area contributed by atoms with Gasteiger partial charge >= 0.3 is 0 Å². The molecule has 29 heavy (non-hydrogen) atoms. The molecule has 154 valence electrons. The highest BCUT2D eigenvalue weighted by atomic mass is 35.5. The molecule has 1 fully saturated rings. The summed E-state index contributed by atoms with van der Waals surface area (Å²) in [6.45, 7) is 4.74. The smallest absolute Gasteiger partial charge is 0.246 e. The number of rotatable bonds is 7. The van der Waals surface area contributed by atoms with Crippen molar-refractivity contribution >= 4 is 22.9 Å². The van der Waals surface area contributed by atoms with Gasteiger partial charge in [0.15, 0.2) is 0 Å². The maximum absolute atomic E-state index is 6.13. The molecule has 4 rings (SSSR count). The molecule has 0 amide bonds. The molecule has 0 saturated carbocycles. The van der Waals surface area contributed by atoms with E-state index in [2.05, 4.69) is 46.6 Å². The molecule has 2 aromatic heterocycles. The molecule has 0 bridgehead atoms. The van der Waals surface area contributed by atoms with Crippen molar-refractivity contribution in [1.82, 2.24) is 14.9 Å². The van der Waals surface area contributed by atoms with Crippen LogP contribution in [-0.4, -0.2) is 35.7 Å². The minimum Gasteiger partial charge on any atom is -0.387 e. The molecular formula is C22H27ClN4O2. The quantitative estimate of drug-likeness (QED) is 0.586. The van der Waals surface area contributed by atoms with E-state index in [0.717, 1.165) is 49.3 Å². The maximum Gasteiger partial charge on any atom is 0.246 e. The summed E-state index contributed by atoms with van der Waals surface area (Å²) in [5.74, 6) is 0.683. The van der Waals surface area contributed by atoms with Crippen LogP contribution in [0.1, 0.15) is 31.0 Å². The molecule has 1 saturated heterocycles. The van der Waals surface area contributed by atoms with E-state index in [1.807, 2.05) is 22.7 Å². The fraction of sp³-hybridized carbons (Fsp3) is 0.409. The number of nitrogens with zero attached hydrogens (tertiary/aromatic N) is 3. The van der Waals surface area contributed by atoms with Crippen LogP contribution in [-0.2, 0) is 17.7 Å². The number of nitrogens with one attached hydrogen (secondary N) is 1. The summed E-state index contributed by atoms with van der Waals surface area (Å²) in [7, 11) is 1.80. The molecule has 1 aliphatic rings. The van der Waals surface area contributed by atoms with Crippen LogP contribution >= 0.6 is 11.6 Å². The van der Waals surface area contributed by atoms with E-state index in [4.69, 9.17) is 21.2 Å². The van der Waals surface area contributed by atoms with Crippen molar-refractivity contribution in [2.24, 2.45) is 0 Å². The van der Waals surface area contributed by atoms with Crippen molar-refractivity contribution in [3.63, 3.8) is 0 Å². The lowest BCUT2D eigenvalue weighted by Gasteiger charge is -2.33. The zero-order chi connectivity index (χ0) is 20.2. The first kappa shape index (κ1) is 20.0. The second-order valence-corrected chi connectivity index (χ2v) is 7.74. The molecule has 3 heterocycles. The van der Waals surface area contributed by atoms with E-state index in [-0.39, 0.29) is 0 Å². The zero-order valence-corrected chi connectivity index (χ0v) is 17.7. The molecule has 0 radical (unpaired) electrons. The highest BCUT2D eigenvalue weighted by molar-refractivity contribution is 6.30. The lowest BCUT2D eigenvalue weighted by Crippen LogP contribution is -2.36. The standard InChI is InChI=1S/C22H27ClN4O2/c1-3-20-22(27-15-17(23)6-9-21(27)25-20)29-24-14-16-4-7-18(8-5-16)26-12-10-19(28-2)11-13-26/h4-9,15,19,24H,3,10-14H2,1-2H3. The van der Waals surface area contributed by atoms with Crippen molar-refractivity contribution in [3.05, 3.63) is 58.9 Å². The molecule has 1 aromatic carbocycles. The summed E-state index contributed by atoms with van der Waals surface area (Å²) in [6.07, 6.45) is 5.16. The Morgan fingerprint density at radius 1 is 1.14 bits per heavy atom. The summed E-state index contributed by atoms with van der Waals surface area (Å²) in [4.78, 5) is 12.9. The Labute approximate surface area is 176 Å². The van der Waals surface area contributed by atoms with Crippen LogP contribution in [0.25, 0.3) is 5.65 Å². The van der Waals surface area contributed by atoms with Crippen molar-refractivity contribution in [2.45, 2.75) is 38.8 Å². The van der Waals surface area contributed by atoms with E-state index in [1.54, 1.807) is 7.11 Å². The normalized spacial score (nSPS) is 15.2. The van der Waals surface area contributed by atoms with Gasteiger partial charge in [0.25, 0.3) is 0 Å². The van der Waals surface area contributed by atoms with E-state index in [1.165, 1.54) is 5.69 Å². The Bertz CT molecular complexity index is 949. The maximum atomic E-state index is 6.13. The topological polar surface area (TPSA) is 51.0 Å². The number of imidazole rings is 1. The van der Waals surface area contributed by atoms with Gasteiger partial charge in [0.1, 0.15) is 11.3 Å². The summed E-state index contributed by atoms with van der Waals surface area (Å²) >= 11 is 6.13. The van der Waals surface area contributed by atoms with Gasteiger partial charge < -0.3 is 14.5 Å². The first-order valence-electron chi connectivity index (χ1n) is 10.1. The van der Waals surface area contributed by atoms with Gasteiger partial charge in [-0.3, -0.25) is 4.40 Å². The first-order chi connectivity index (χ1) is 14.2. The Kier molecular flexibility index (Phi) is 6.23. The van der Waals surface area contributed by atoms with Crippen molar-refractivity contribution < 1.29 is 9.57 Å². The number of hydroxylamine groups is 1. The number of pyridine rings is 1. The predicted octanol–water partition coefficient (Wildman–Crippen LogP) is 4.25. The second-order valence-electron chi connectivity index (χ2n) is 7.30. The third-order valence-electron chi connectivity index (χ3n) is 5.46. The third kappa shape index (κ3) is 4.50. The van der Waals surface area contributed by atoms with Gasteiger partial charge in [-0.25, -0.2) is 4.98 Å². The van der Waals surface area contributed by atoms with Gasteiger partial charge in [-0.15, -0.1) is 0 Å². The molecular weight excluding hydrogens is 388 g/mol. The number of methoxy groups -OCH3 is 1. The highest BCUT2D eigenvalue weighted by Gasteiger charge is 2.18. The number of aryl methyl sites for hydroxylation is 1. The van der Waals surface area contributed by atoms with Crippen LogP contribution < -0.4 is 15.2 Å². The number of hydrogen-bond donors (Lipinski definition) is 1. The number of benzene rings is 1. The first-order valence-corrected chi connectivity index (χ1v) is 10.5. The Morgan fingerprint density at radius 3 is 2.59 bits per heavy atom. The van der Waals surface area contributed by atoms with E-state index in [9.17, 15) is 0 Å². The van der Waals surface area contributed by atoms with Gasteiger partial charge in [0.05, 0.1) is 17.7 Å². The average Bonchev–Trinajstić information content (AvgIpc) is 3.11.